The lowest BCUT2D eigenvalue weighted by Gasteiger charge is -2.37. The van der Waals surface area contributed by atoms with Crippen molar-refractivity contribution in [3.8, 4) is 0 Å². The molecule has 0 amide bonds. The molecule has 1 aliphatic heterocycles. The number of rotatable bonds is 4. The van der Waals surface area contributed by atoms with Gasteiger partial charge >= 0.3 is 0 Å². The van der Waals surface area contributed by atoms with Crippen LogP contribution in [0.3, 0.4) is 0 Å². The maximum absolute atomic E-state index is 6.27. The number of ether oxygens (including phenoxy) is 1. The minimum atomic E-state index is -1.67. The molecule has 1 aromatic rings. The van der Waals surface area contributed by atoms with E-state index in [0.717, 1.165) is 31.7 Å². The molecule has 0 bridgehead atoms. The lowest BCUT2D eigenvalue weighted by atomic mass is 9.95. The van der Waals surface area contributed by atoms with Crippen molar-refractivity contribution in [1.82, 2.24) is 0 Å². The normalized spacial score (nSPS) is 19.4. The highest BCUT2D eigenvalue weighted by Gasteiger charge is 2.37. The fourth-order valence-electron chi connectivity index (χ4n) is 2.43. The summed E-state index contributed by atoms with van der Waals surface area (Å²) in [5.74, 6) is 0. The highest BCUT2D eigenvalue weighted by Crippen LogP contribution is 2.37. The Morgan fingerprint density at radius 2 is 2.05 bits per heavy atom. The summed E-state index contributed by atoms with van der Waals surface area (Å²) in [5, 5.41) is 0.257. The summed E-state index contributed by atoms with van der Waals surface area (Å²) in [7, 11) is -1.67. The van der Waals surface area contributed by atoms with E-state index >= 15 is 0 Å². The molecule has 0 aliphatic carbocycles. The van der Waals surface area contributed by atoms with Crippen molar-refractivity contribution < 1.29 is 9.16 Å². The molecule has 0 fully saturated rings. The first kappa shape index (κ1) is 16.5. The second-order valence-electron chi connectivity index (χ2n) is 7.47. The maximum atomic E-state index is 6.27. The van der Waals surface area contributed by atoms with Crippen LogP contribution in [-0.4, -0.2) is 21.5 Å². The van der Waals surface area contributed by atoms with Crippen molar-refractivity contribution in [1.29, 1.82) is 0 Å². The van der Waals surface area contributed by atoms with Crippen molar-refractivity contribution in [3.63, 3.8) is 0 Å². The molecule has 0 spiro atoms. The molecule has 0 saturated heterocycles. The van der Waals surface area contributed by atoms with Gasteiger partial charge in [-0.1, -0.05) is 26.8 Å². The molecule has 2 N–H and O–H groups in total. The molecule has 1 aliphatic rings. The van der Waals surface area contributed by atoms with Gasteiger partial charge in [-0.25, -0.2) is 0 Å². The molecular weight excluding hydrogens is 278 g/mol. The van der Waals surface area contributed by atoms with Gasteiger partial charge in [0.05, 0.1) is 12.7 Å². The summed E-state index contributed by atoms with van der Waals surface area (Å²) in [5.41, 5.74) is 9.33. The number of nitrogens with two attached hydrogens (primary N) is 1. The van der Waals surface area contributed by atoms with Gasteiger partial charge in [-0.05, 0) is 54.2 Å². The third kappa shape index (κ3) is 3.87. The Labute approximate surface area is 130 Å². The molecule has 0 aromatic heterocycles. The van der Waals surface area contributed by atoms with Crippen LogP contribution in [0.4, 0.5) is 5.69 Å². The quantitative estimate of drug-likeness (QED) is 0.666. The van der Waals surface area contributed by atoms with Crippen LogP contribution < -0.4 is 5.73 Å². The smallest absolute Gasteiger partial charge is 0.191 e. The molecule has 4 heteroatoms. The predicted molar refractivity (Wildman–Crippen MR) is 91.0 cm³/mol. The van der Waals surface area contributed by atoms with E-state index in [9.17, 15) is 0 Å². The van der Waals surface area contributed by atoms with Gasteiger partial charge in [0.1, 0.15) is 0 Å². The van der Waals surface area contributed by atoms with Crippen LogP contribution in [0.15, 0.2) is 18.2 Å². The number of anilines is 1. The number of benzene rings is 1. The zero-order valence-electron chi connectivity index (χ0n) is 14.0. The van der Waals surface area contributed by atoms with Gasteiger partial charge in [-0.15, -0.1) is 0 Å². The van der Waals surface area contributed by atoms with E-state index in [1.165, 1.54) is 11.1 Å². The average Bonchev–Trinajstić information content (AvgIpc) is 2.37. The molecule has 0 unspecified atom stereocenters. The zero-order valence-corrected chi connectivity index (χ0v) is 15.0. The summed E-state index contributed by atoms with van der Waals surface area (Å²) in [6.45, 7) is 13.0. The monoisotopic (exact) mass is 307 g/mol. The molecular formula is C17H29NO2Si. The average molecular weight is 308 g/mol. The second-order valence-corrected chi connectivity index (χ2v) is 12.3. The number of nitrogen functional groups attached to an aromatic ring is 1. The standard InChI is InChI=1S/C17H29NO2Si/c1-17(2,3)21(4,5)20-11-9-16-15-7-6-14(18)12-13(15)8-10-19-16/h6-7,12,16H,8-11,18H2,1-5H3/t16-/m0/s1. The molecule has 0 radical (unpaired) electrons. The minimum Gasteiger partial charge on any atom is -0.417 e. The van der Waals surface area contributed by atoms with Gasteiger partial charge in [-0.2, -0.15) is 0 Å². The van der Waals surface area contributed by atoms with Crippen molar-refractivity contribution in [3.05, 3.63) is 29.3 Å². The van der Waals surface area contributed by atoms with Gasteiger partial charge in [0.25, 0.3) is 0 Å². The highest BCUT2D eigenvalue weighted by atomic mass is 28.4. The lowest BCUT2D eigenvalue weighted by molar-refractivity contribution is 0.0265. The minimum absolute atomic E-state index is 0.152. The zero-order chi connectivity index (χ0) is 15.7. The molecule has 21 heavy (non-hydrogen) atoms. The molecule has 3 nitrogen and oxygen atoms in total. The van der Waals surface area contributed by atoms with Gasteiger partial charge in [-0.3, -0.25) is 0 Å². The van der Waals surface area contributed by atoms with Crippen molar-refractivity contribution >= 4 is 14.0 Å². The topological polar surface area (TPSA) is 44.5 Å². The van der Waals surface area contributed by atoms with E-state index in [1.807, 2.05) is 6.07 Å². The molecule has 1 atom stereocenters. The highest BCUT2D eigenvalue weighted by molar-refractivity contribution is 6.74. The molecule has 118 valence electrons. The first-order valence-electron chi connectivity index (χ1n) is 7.84. The van der Waals surface area contributed by atoms with E-state index in [0.29, 0.717) is 0 Å². The van der Waals surface area contributed by atoms with Gasteiger partial charge in [0.2, 0.25) is 0 Å². The van der Waals surface area contributed by atoms with Gasteiger partial charge in [0.15, 0.2) is 8.32 Å². The Kier molecular flexibility index (Phi) is 4.81. The molecule has 1 heterocycles. The number of hydrogen-bond acceptors (Lipinski definition) is 3. The van der Waals surface area contributed by atoms with Crippen LogP contribution in [0.2, 0.25) is 18.1 Å². The first-order chi connectivity index (χ1) is 9.71. The second kappa shape index (κ2) is 6.11. The van der Waals surface area contributed by atoms with Crippen LogP contribution in [0.1, 0.15) is 44.4 Å². The Balaban J connectivity index is 1.97. The van der Waals surface area contributed by atoms with Crippen LogP contribution in [0.5, 0.6) is 0 Å². The fraction of sp³-hybridized carbons (Fsp3) is 0.647. The van der Waals surface area contributed by atoms with Crippen molar-refractivity contribution in [2.75, 3.05) is 18.9 Å². The molecule has 1 aromatic carbocycles. The summed E-state index contributed by atoms with van der Waals surface area (Å²) < 4.78 is 12.2. The summed E-state index contributed by atoms with van der Waals surface area (Å²) >= 11 is 0. The summed E-state index contributed by atoms with van der Waals surface area (Å²) in [6.07, 6.45) is 2.03. The van der Waals surface area contributed by atoms with Gasteiger partial charge in [0, 0.05) is 12.3 Å². The Morgan fingerprint density at radius 1 is 1.33 bits per heavy atom. The Bertz CT molecular complexity index is 494. The Hall–Kier alpha value is -0.843. The summed E-state index contributed by atoms with van der Waals surface area (Å²) in [4.78, 5) is 0. The largest absolute Gasteiger partial charge is 0.417 e. The van der Waals surface area contributed by atoms with E-state index < -0.39 is 8.32 Å². The van der Waals surface area contributed by atoms with Crippen LogP contribution in [0.25, 0.3) is 0 Å². The Morgan fingerprint density at radius 3 is 2.71 bits per heavy atom. The predicted octanol–water partition coefficient (Wildman–Crippen LogP) is 4.29. The SMILES string of the molecule is CC(C)(C)[Si](C)(C)OCC[C@@H]1OCCc2cc(N)ccc21. The molecule has 2 rings (SSSR count). The molecule has 0 saturated carbocycles. The third-order valence-electron chi connectivity index (χ3n) is 4.85. The van der Waals surface area contributed by atoms with Crippen LogP contribution in [0, 0.1) is 0 Å². The van der Waals surface area contributed by atoms with Crippen molar-refractivity contribution in [2.45, 2.75) is 57.8 Å². The van der Waals surface area contributed by atoms with E-state index in [-0.39, 0.29) is 11.1 Å². The lowest BCUT2D eigenvalue weighted by Crippen LogP contribution is -2.41. The van der Waals surface area contributed by atoms with E-state index in [1.54, 1.807) is 0 Å². The van der Waals surface area contributed by atoms with Gasteiger partial charge < -0.3 is 14.9 Å². The first-order valence-corrected chi connectivity index (χ1v) is 10.8. The summed E-state index contributed by atoms with van der Waals surface area (Å²) in [6, 6.07) is 6.16. The number of fused-ring (bicyclic) bond motifs is 1. The fourth-order valence-corrected chi connectivity index (χ4v) is 3.49. The van der Waals surface area contributed by atoms with Crippen molar-refractivity contribution in [2.24, 2.45) is 0 Å². The van der Waals surface area contributed by atoms with Crippen LogP contribution >= 0.6 is 0 Å². The van der Waals surface area contributed by atoms with E-state index in [4.69, 9.17) is 14.9 Å². The van der Waals surface area contributed by atoms with Crippen LogP contribution in [-0.2, 0) is 15.6 Å². The van der Waals surface area contributed by atoms with E-state index in [2.05, 4.69) is 46.0 Å². The third-order valence-corrected chi connectivity index (χ3v) is 9.39. The number of hydrogen-bond donors (Lipinski definition) is 1. The maximum Gasteiger partial charge on any atom is 0.191 e.